The fourth-order valence-corrected chi connectivity index (χ4v) is 4.51. The Morgan fingerprint density at radius 1 is 0.971 bits per heavy atom. The summed E-state index contributed by atoms with van der Waals surface area (Å²) in [6, 6.07) is 27.2. The minimum Gasteiger partial charge on any atom is -0.497 e. The molecule has 1 aromatic heterocycles. The lowest BCUT2D eigenvalue weighted by molar-refractivity contribution is 0.194. The minimum atomic E-state index is -0.299. The number of methoxy groups -OCH3 is 1. The molecule has 4 aromatic rings. The molecule has 0 unspecified atom stereocenters. The number of benzene rings is 3. The topological polar surface area (TPSA) is 55.7 Å². The summed E-state index contributed by atoms with van der Waals surface area (Å²) in [5.74, 6) is 1.43. The van der Waals surface area contributed by atoms with Gasteiger partial charge in [-0.1, -0.05) is 42.5 Å². The first kappa shape index (κ1) is 21.6. The van der Waals surface area contributed by atoms with Gasteiger partial charge in [0.1, 0.15) is 11.5 Å². The third kappa shape index (κ3) is 3.99. The van der Waals surface area contributed by atoms with Crippen molar-refractivity contribution in [3.8, 4) is 17.2 Å². The molecule has 2 amide bonds. The van der Waals surface area contributed by atoms with E-state index in [1.165, 1.54) is 0 Å². The van der Waals surface area contributed by atoms with Gasteiger partial charge < -0.3 is 24.3 Å². The monoisotopic (exact) mass is 453 g/mol. The van der Waals surface area contributed by atoms with Crippen molar-refractivity contribution in [1.29, 1.82) is 0 Å². The van der Waals surface area contributed by atoms with Crippen molar-refractivity contribution < 1.29 is 14.3 Å². The zero-order valence-corrected chi connectivity index (χ0v) is 19.3. The molecule has 0 fully saturated rings. The van der Waals surface area contributed by atoms with E-state index in [4.69, 9.17) is 9.47 Å². The Morgan fingerprint density at radius 2 is 1.74 bits per heavy atom. The van der Waals surface area contributed by atoms with Crippen molar-refractivity contribution in [2.45, 2.75) is 19.5 Å². The number of aromatic nitrogens is 1. The number of para-hydroxylation sites is 3. The van der Waals surface area contributed by atoms with Gasteiger partial charge in [0, 0.05) is 11.9 Å². The molecule has 3 aromatic carbocycles. The van der Waals surface area contributed by atoms with E-state index in [0.29, 0.717) is 24.6 Å². The molecule has 0 aliphatic carbocycles. The number of ether oxygens (including phenoxy) is 2. The fraction of sp³-hybridized carbons (Fsp3) is 0.179. The molecule has 1 N–H and O–H groups in total. The number of urea groups is 1. The summed E-state index contributed by atoms with van der Waals surface area (Å²) >= 11 is 0. The second-order valence-corrected chi connectivity index (χ2v) is 8.09. The van der Waals surface area contributed by atoms with Crippen molar-refractivity contribution >= 4 is 11.7 Å². The van der Waals surface area contributed by atoms with Crippen LogP contribution in [0.1, 0.15) is 29.8 Å². The highest BCUT2D eigenvalue weighted by Crippen LogP contribution is 2.37. The summed E-state index contributed by atoms with van der Waals surface area (Å²) < 4.78 is 13.3. The first-order valence-electron chi connectivity index (χ1n) is 11.4. The van der Waals surface area contributed by atoms with Crippen LogP contribution in [0.15, 0.2) is 91.1 Å². The molecule has 0 saturated carbocycles. The van der Waals surface area contributed by atoms with Crippen LogP contribution in [-0.4, -0.2) is 29.2 Å². The van der Waals surface area contributed by atoms with E-state index in [1.54, 1.807) is 7.11 Å². The van der Waals surface area contributed by atoms with Gasteiger partial charge >= 0.3 is 6.03 Å². The van der Waals surface area contributed by atoms with Crippen LogP contribution in [-0.2, 0) is 6.54 Å². The van der Waals surface area contributed by atoms with Crippen molar-refractivity contribution in [2.24, 2.45) is 0 Å². The molecule has 6 nitrogen and oxygen atoms in total. The lowest BCUT2D eigenvalue weighted by Gasteiger charge is -2.31. The van der Waals surface area contributed by atoms with E-state index in [2.05, 4.69) is 34.3 Å². The number of nitrogens with zero attached hydrogens (tertiary/aromatic N) is 2. The fourth-order valence-electron chi connectivity index (χ4n) is 4.51. The van der Waals surface area contributed by atoms with Crippen LogP contribution in [0.5, 0.6) is 11.5 Å². The van der Waals surface area contributed by atoms with Crippen LogP contribution in [0, 0.1) is 0 Å². The minimum absolute atomic E-state index is 0.197. The molecule has 0 saturated heterocycles. The van der Waals surface area contributed by atoms with Gasteiger partial charge in [-0.25, -0.2) is 4.79 Å². The molecule has 6 heteroatoms. The molecular weight excluding hydrogens is 426 g/mol. The SMILES string of the molecule is CCOc1ccccc1NC(=O)N1Cc2ccccc2-n2cccc2[C@H]1c1ccc(OC)cc1. The Morgan fingerprint density at radius 3 is 2.53 bits per heavy atom. The van der Waals surface area contributed by atoms with E-state index >= 15 is 0 Å². The molecule has 0 bridgehead atoms. The Labute approximate surface area is 199 Å². The second-order valence-electron chi connectivity index (χ2n) is 8.09. The van der Waals surface area contributed by atoms with Crippen LogP contribution in [0.4, 0.5) is 10.5 Å². The molecule has 1 aliphatic rings. The first-order chi connectivity index (χ1) is 16.7. The predicted octanol–water partition coefficient (Wildman–Crippen LogP) is 6.02. The van der Waals surface area contributed by atoms with Gasteiger partial charge in [0.05, 0.1) is 37.7 Å². The largest absolute Gasteiger partial charge is 0.497 e. The molecule has 1 aliphatic heterocycles. The highest BCUT2D eigenvalue weighted by Gasteiger charge is 2.33. The molecular formula is C28H27N3O3. The van der Waals surface area contributed by atoms with Gasteiger partial charge in [-0.3, -0.25) is 0 Å². The van der Waals surface area contributed by atoms with Crippen LogP contribution < -0.4 is 14.8 Å². The van der Waals surface area contributed by atoms with Crippen molar-refractivity contribution in [3.63, 3.8) is 0 Å². The Balaban J connectivity index is 1.60. The van der Waals surface area contributed by atoms with E-state index in [0.717, 1.165) is 28.3 Å². The molecule has 172 valence electrons. The molecule has 0 spiro atoms. The highest BCUT2D eigenvalue weighted by molar-refractivity contribution is 5.91. The average molecular weight is 454 g/mol. The maximum Gasteiger partial charge on any atom is 0.323 e. The number of carbonyl (C=O) groups excluding carboxylic acids is 1. The molecule has 1 atom stereocenters. The van der Waals surface area contributed by atoms with Crippen molar-refractivity contribution in [3.05, 3.63) is 108 Å². The summed E-state index contributed by atoms with van der Waals surface area (Å²) in [6.45, 7) is 2.90. The quantitative estimate of drug-likeness (QED) is 0.402. The van der Waals surface area contributed by atoms with Crippen LogP contribution in [0.25, 0.3) is 5.69 Å². The Hall–Kier alpha value is -4.19. The van der Waals surface area contributed by atoms with Gasteiger partial charge in [-0.05, 0) is 60.5 Å². The first-order valence-corrected chi connectivity index (χ1v) is 11.4. The smallest absolute Gasteiger partial charge is 0.323 e. The van der Waals surface area contributed by atoms with Crippen LogP contribution in [0.2, 0.25) is 0 Å². The maximum atomic E-state index is 13.9. The lowest BCUT2D eigenvalue weighted by Crippen LogP contribution is -2.38. The summed E-state index contributed by atoms with van der Waals surface area (Å²) in [5, 5.41) is 3.10. The molecule has 2 heterocycles. The van der Waals surface area contributed by atoms with E-state index in [-0.39, 0.29) is 12.1 Å². The summed E-state index contributed by atoms with van der Waals surface area (Å²) in [4.78, 5) is 15.7. The normalized spacial score (nSPS) is 14.5. The number of rotatable bonds is 5. The molecule has 5 rings (SSSR count). The van der Waals surface area contributed by atoms with Gasteiger partial charge in [-0.2, -0.15) is 0 Å². The number of amides is 2. The summed E-state index contributed by atoms with van der Waals surface area (Å²) in [7, 11) is 1.65. The Bertz CT molecular complexity index is 1300. The number of nitrogens with one attached hydrogen (secondary N) is 1. The van der Waals surface area contributed by atoms with Crippen LogP contribution in [0.3, 0.4) is 0 Å². The Kier molecular flexibility index (Phi) is 5.95. The summed E-state index contributed by atoms with van der Waals surface area (Å²) in [5.41, 5.74) is 4.82. The average Bonchev–Trinajstić information content (AvgIpc) is 3.30. The third-order valence-corrected chi connectivity index (χ3v) is 6.08. The maximum absolute atomic E-state index is 13.9. The van der Waals surface area contributed by atoms with E-state index in [1.807, 2.05) is 78.6 Å². The second kappa shape index (κ2) is 9.35. The molecule has 0 radical (unpaired) electrons. The van der Waals surface area contributed by atoms with Gasteiger partial charge in [-0.15, -0.1) is 0 Å². The van der Waals surface area contributed by atoms with E-state index < -0.39 is 0 Å². The highest BCUT2D eigenvalue weighted by atomic mass is 16.5. The number of hydrogen-bond acceptors (Lipinski definition) is 3. The van der Waals surface area contributed by atoms with Crippen LogP contribution >= 0.6 is 0 Å². The lowest BCUT2D eigenvalue weighted by atomic mass is 10.0. The standard InChI is InChI=1S/C28H27N3O3/c1-3-34-26-13-7-5-10-23(26)29-28(32)31-19-21-9-4-6-11-24(21)30-18-8-12-25(30)27(31)20-14-16-22(33-2)17-15-20/h4-18,27H,3,19H2,1-2H3,(H,29,32)/t27-/m1/s1. The van der Waals surface area contributed by atoms with Gasteiger partial charge in [0.15, 0.2) is 0 Å². The van der Waals surface area contributed by atoms with Crippen molar-refractivity contribution in [1.82, 2.24) is 9.47 Å². The number of anilines is 1. The number of hydrogen-bond donors (Lipinski definition) is 1. The zero-order valence-electron chi connectivity index (χ0n) is 19.3. The number of fused-ring (bicyclic) bond motifs is 3. The van der Waals surface area contributed by atoms with Gasteiger partial charge in [0.2, 0.25) is 0 Å². The van der Waals surface area contributed by atoms with Crippen molar-refractivity contribution in [2.75, 3.05) is 19.0 Å². The van der Waals surface area contributed by atoms with E-state index in [9.17, 15) is 4.79 Å². The predicted molar refractivity (Wildman–Crippen MR) is 133 cm³/mol. The molecule has 34 heavy (non-hydrogen) atoms. The summed E-state index contributed by atoms with van der Waals surface area (Å²) in [6.07, 6.45) is 2.05. The number of carbonyl (C=O) groups is 1. The zero-order chi connectivity index (χ0) is 23.5. The van der Waals surface area contributed by atoms with Gasteiger partial charge in [0.25, 0.3) is 0 Å². The third-order valence-electron chi connectivity index (χ3n) is 6.08.